The van der Waals surface area contributed by atoms with Crippen LogP contribution < -0.4 is 5.32 Å². The Morgan fingerprint density at radius 1 is 1.64 bits per heavy atom. The molecule has 0 aromatic rings. The number of nitrogens with one attached hydrogen (secondary N) is 1. The van der Waals surface area contributed by atoms with Crippen molar-refractivity contribution in [2.45, 2.75) is 32.7 Å². The molecule has 0 saturated heterocycles. The molecule has 1 N–H and O–H groups in total. The monoisotopic (exact) mass is 159 g/mol. The van der Waals surface area contributed by atoms with Gasteiger partial charge in [0.15, 0.2) is 0 Å². The maximum atomic E-state index is 10.7. The number of esters is 1. The molecule has 0 aromatic heterocycles. The molecule has 3 nitrogen and oxygen atoms in total. The zero-order valence-electron chi connectivity index (χ0n) is 7.52. The molecular formula is C8H17NO2. The number of hydrogen-bond donors (Lipinski definition) is 1. The molecule has 0 heterocycles. The maximum Gasteiger partial charge on any atom is 0.307 e. The topological polar surface area (TPSA) is 38.3 Å². The van der Waals surface area contributed by atoms with Crippen LogP contribution >= 0.6 is 0 Å². The zero-order chi connectivity index (χ0) is 8.69. The predicted molar refractivity (Wildman–Crippen MR) is 44.4 cm³/mol. The Hall–Kier alpha value is -0.570. The van der Waals surface area contributed by atoms with Gasteiger partial charge in [-0.25, -0.2) is 0 Å². The molecule has 3 heteroatoms. The van der Waals surface area contributed by atoms with Gasteiger partial charge in [0.25, 0.3) is 0 Å². The second-order valence-corrected chi connectivity index (χ2v) is 2.64. The third kappa shape index (κ3) is 5.85. The first-order chi connectivity index (χ1) is 5.20. The summed E-state index contributed by atoms with van der Waals surface area (Å²) in [6.07, 6.45) is 1.54. The van der Waals surface area contributed by atoms with E-state index in [1.54, 1.807) is 0 Å². The van der Waals surface area contributed by atoms with Crippen LogP contribution in [0, 0.1) is 0 Å². The molecular weight excluding hydrogens is 142 g/mol. The molecule has 0 spiro atoms. The normalized spacial score (nSPS) is 12.6. The molecule has 0 aliphatic heterocycles. The van der Waals surface area contributed by atoms with Crippen molar-refractivity contribution in [1.82, 2.24) is 5.32 Å². The fourth-order valence-corrected chi connectivity index (χ4v) is 0.796. The number of rotatable bonds is 5. The number of methoxy groups -OCH3 is 1. The van der Waals surface area contributed by atoms with Crippen molar-refractivity contribution in [3.05, 3.63) is 0 Å². The molecule has 0 aliphatic rings. The molecule has 0 rings (SSSR count). The van der Waals surface area contributed by atoms with Crippen LogP contribution in [0.3, 0.4) is 0 Å². The Bertz CT molecular complexity index is 115. The van der Waals surface area contributed by atoms with E-state index in [1.807, 2.05) is 6.92 Å². The van der Waals surface area contributed by atoms with Gasteiger partial charge in [-0.1, -0.05) is 6.92 Å². The van der Waals surface area contributed by atoms with Crippen LogP contribution in [0.2, 0.25) is 0 Å². The van der Waals surface area contributed by atoms with Crippen molar-refractivity contribution < 1.29 is 9.53 Å². The summed E-state index contributed by atoms with van der Waals surface area (Å²) in [4.78, 5) is 10.7. The van der Waals surface area contributed by atoms with Crippen molar-refractivity contribution in [3.8, 4) is 0 Å². The van der Waals surface area contributed by atoms with Crippen LogP contribution in [0.5, 0.6) is 0 Å². The van der Waals surface area contributed by atoms with Crippen molar-refractivity contribution >= 4 is 5.97 Å². The quantitative estimate of drug-likeness (QED) is 0.607. The van der Waals surface area contributed by atoms with E-state index in [0.717, 1.165) is 13.0 Å². The number of carbonyl (C=O) groups is 1. The summed E-state index contributed by atoms with van der Waals surface area (Å²) in [5.74, 6) is -0.152. The SMILES string of the molecule is CCCN[C@H](C)CC(=O)OC. The molecule has 0 unspecified atom stereocenters. The molecule has 0 fully saturated rings. The van der Waals surface area contributed by atoms with Crippen LogP contribution in [0.25, 0.3) is 0 Å². The molecule has 0 radical (unpaired) electrons. The van der Waals surface area contributed by atoms with Crippen LogP contribution in [0.4, 0.5) is 0 Å². The van der Waals surface area contributed by atoms with E-state index in [-0.39, 0.29) is 12.0 Å². The largest absolute Gasteiger partial charge is 0.469 e. The van der Waals surface area contributed by atoms with E-state index in [9.17, 15) is 4.79 Å². The van der Waals surface area contributed by atoms with Gasteiger partial charge in [0, 0.05) is 6.04 Å². The van der Waals surface area contributed by atoms with E-state index < -0.39 is 0 Å². The first-order valence-electron chi connectivity index (χ1n) is 4.00. The summed E-state index contributed by atoms with van der Waals surface area (Å²) in [6, 6.07) is 0.224. The first-order valence-corrected chi connectivity index (χ1v) is 4.00. The Morgan fingerprint density at radius 2 is 2.27 bits per heavy atom. The van der Waals surface area contributed by atoms with E-state index in [2.05, 4.69) is 17.0 Å². The first kappa shape index (κ1) is 10.4. The van der Waals surface area contributed by atoms with Gasteiger partial charge in [0.1, 0.15) is 0 Å². The molecule has 11 heavy (non-hydrogen) atoms. The minimum Gasteiger partial charge on any atom is -0.469 e. The lowest BCUT2D eigenvalue weighted by molar-refractivity contribution is -0.141. The summed E-state index contributed by atoms with van der Waals surface area (Å²) in [7, 11) is 1.41. The summed E-state index contributed by atoms with van der Waals surface area (Å²) >= 11 is 0. The second-order valence-electron chi connectivity index (χ2n) is 2.64. The summed E-state index contributed by atoms with van der Waals surface area (Å²) < 4.78 is 4.52. The number of ether oxygens (including phenoxy) is 1. The average Bonchev–Trinajstić information content (AvgIpc) is 2.00. The molecule has 1 atom stereocenters. The van der Waals surface area contributed by atoms with Crippen LogP contribution in [-0.4, -0.2) is 25.7 Å². The lowest BCUT2D eigenvalue weighted by Gasteiger charge is -2.10. The van der Waals surface area contributed by atoms with Crippen molar-refractivity contribution in [2.75, 3.05) is 13.7 Å². The summed E-state index contributed by atoms with van der Waals surface area (Å²) in [5.41, 5.74) is 0. The Kier molecular flexibility index (Phi) is 5.84. The number of hydrogen-bond acceptors (Lipinski definition) is 3. The average molecular weight is 159 g/mol. The molecule has 0 amide bonds. The smallest absolute Gasteiger partial charge is 0.307 e. The van der Waals surface area contributed by atoms with Crippen molar-refractivity contribution in [2.24, 2.45) is 0 Å². The summed E-state index contributed by atoms with van der Waals surface area (Å²) in [6.45, 7) is 5.03. The van der Waals surface area contributed by atoms with Crippen molar-refractivity contribution in [1.29, 1.82) is 0 Å². The third-order valence-electron chi connectivity index (χ3n) is 1.44. The van der Waals surface area contributed by atoms with E-state index in [0.29, 0.717) is 6.42 Å². The van der Waals surface area contributed by atoms with Gasteiger partial charge in [-0.05, 0) is 19.9 Å². The lowest BCUT2D eigenvalue weighted by Crippen LogP contribution is -2.29. The van der Waals surface area contributed by atoms with E-state index in [1.165, 1.54) is 7.11 Å². The highest BCUT2D eigenvalue weighted by molar-refractivity contribution is 5.69. The fourth-order valence-electron chi connectivity index (χ4n) is 0.796. The number of carbonyl (C=O) groups excluding carboxylic acids is 1. The fraction of sp³-hybridized carbons (Fsp3) is 0.875. The van der Waals surface area contributed by atoms with Gasteiger partial charge in [-0.15, -0.1) is 0 Å². The molecule has 0 bridgehead atoms. The highest BCUT2D eigenvalue weighted by atomic mass is 16.5. The van der Waals surface area contributed by atoms with Gasteiger partial charge in [-0.2, -0.15) is 0 Å². The van der Waals surface area contributed by atoms with Gasteiger partial charge >= 0.3 is 5.97 Å². The lowest BCUT2D eigenvalue weighted by atomic mass is 10.2. The second kappa shape index (κ2) is 6.16. The predicted octanol–water partition coefficient (Wildman–Crippen LogP) is 0.938. The Morgan fingerprint density at radius 3 is 2.73 bits per heavy atom. The van der Waals surface area contributed by atoms with Crippen LogP contribution in [-0.2, 0) is 9.53 Å². The standard InChI is InChI=1S/C8H17NO2/c1-4-5-9-7(2)6-8(10)11-3/h7,9H,4-6H2,1-3H3/t7-/m1/s1. The van der Waals surface area contributed by atoms with E-state index in [4.69, 9.17) is 0 Å². The third-order valence-corrected chi connectivity index (χ3v) is 1.44. The molecule has 0 aromatic carbocycles. The van der Waals surface area contributed by atoms with Crippen molar-refractivity contribution in [3.63, 3.8) is 0 Å². The molecule has 66 valence electrons. The van der Waals surface area contributed by atoms with Gasteiger partial charge < -0.3 is 10.1 Å². The molecule has 0 aliphatic carbocycles. The highest BCUT2D eigenvalue weighted by Gasteiger charge is 2.06. The van der Waals surface area contributed by atoms with Crippen LogP contribution in [0.15, 0.2) is 0 Å². The minimum absolute atomic E-state index is 0.152. The molecule has 0 saturated carbocycles. The zero-order valence-corrected chi connectivity index (χ0v) is 7.52. The van der Waals surface area contributed by atoms with Gasteiger partial charge in [-0.3, -0.25) is 4.79 Å². The van der Waals surface area contributed by atoms with Crippen LogP contribution in [0.1, 0.15) is 26.7 Å². The summed E-state index contributed by atoms with van der Waals surface area (Å²) in [5, 5.41) is 3.20. The maximum absolute atomic E-state index is 10.7. The minimum atomic E-state index is -0.152. The van der Waals surface area contributed by atoms with Gasteiger partial charge in [0.2, 0.25) is 0 Å². The Labute approximate surface area is 68.1 Å². The van der Waals surface area contributed by atoms with Gasteiger partial charge in [0.05, 0.1) is 13.5 Å². The van der Waals surface area contributed by atoms with E-state index >= 15 is 0 Å². The highest BCUT2D eigenvalue weighted by Crippen LogP contribution is 1.92. The Balaban J connectivity index is 3.35.